The molecule has 0 bridgehead atoms. The van der Waals surface area contributed by atoms with Crippen molar-refractivity contribution in [3.63, 3.8) is 0 Å². The maximum atomic E-state index is 9.81. The topological polar surface area (TPSA) is 26.7 Å². The largest absolute Gasteiger partial charge is 0.388 e. The number of hydrogen-bond donors (Lipinski definition) is 1. The van der Waals surface area contributed by atoms with Crippen molar-refractivity contribution in [3.05, 3.63) is 29.8 Å². The molecular formula is C16H26N2O. The summed E-state index contributed by atoms with van der Waals surface area (Å²) in [6.45, 7) is 11.0. The van der Waals surface area contributed by atoms with Crippen LogP contribution in [0.4, 0.5) is 5.69 Å². The van der Waals surface area contributed by atoms with E-state index in [0.717, 1.165) is 38.2 Å². The molecule has 0 aliphatic carbocycles. The van der Waals surface area contributed by atoms with E-state index in [0.29, 0.717) is 6.04 Å². The van der Waals surface area contributed by atoms with Crippen molar-refractivity contribution in [1.29, 1.82) is 0 Å². The Hall–Kier alpha value is -1.06. The van der Waals surface area contributed by atoms with Crippen molar-refractivity contribution in [3.8, 4) is 0 Å². The molecule has 0 unspecified atom stereocenters. The molecule has 1 aromatic rings. The molecule has 3 nitrogen and oxygen atoms in total. The summed E-state index contributed by atoms with van der Waals surface area (Å²) < 4.78 is 0. The predicted molar refractivity (Wildman–Crippen MR) is 80.6 cm³/mol. The van der Waals surface area contributed by atoms with E-state index in [1.807, 2.05) is 6.92 Å². The number of rotatable bonds is 4. The normalized spacial score (nSPS) is 18.9. The second kappa shape index (κ2) is 6.40. The highest BCUT2D eigenvalue weighted by Gasteiger charge is 2.18. The van der Waals surface area contributed by atoms with Gasteiger partial charge in [-0.15, -0.1) is 0 Å². The third kappa shape index (κ3) is 3.48. The van der Waals surface area contributed by atoms with Gasteiger partial charge in [0.25, 0.3) is 0 Å². The Labute approximate surface area is 116 Å². The molecule has 106 valence electrons. The van der Waals surface area contributed by atoms with E-state index in [-0.39, 0.29) is 6.10 Å². The van der Waals surface area contributed by atoms with E-state index in [4.69, 9.17) is 0 Å². The maximum Gasteiger partial charge on any atom is 0.0787 e. The van der Waals surface area contributed by atoms with Crippen LogP contribution in [0.3, 0.4) is 0 Å². The summed E-state index contributed by atoms with van der Waals surface area (Å²) in [4.78, 5) is 4.95. The van der Waals surface area contributed by atoms with Crippen molar-refractivity contribution >= 4 is 5.69 Å². The molecule has 1 fully saturated rings. The fourth-order valence-electron chi connectivity index (χ4n) is 2.64. The molecule has 0 spiro atoms. The van der Waals surface area contributed by atoms with E-state index >= 15 is 0 Å². The minimum absolute atomic E-state index is 0.327. The molecular weight excluding hydrogens is 236 g/mol. The number of nitrogens with zero attached hydrogens (tertiary/aromatic N) is 2. The van der Waals surface area contributed by atoms with Crippen molar-refractivity contribution in [2.75, 3.05) is 31.1 Å². The molecule has 2 rings (SSSR count). The molecule has 1 saturated heterocycles. The Bertz CT molecular complexity index is 380. The van der Waals surface area contributed by atoms with Crippen LogP contribution in [-0.2, 0) is 0 Å². The van der Waals surface area contributed by atoms with Gasteiger partial charge in [-0.25, -0.2) is 0 Å². The number of hydrogen-bond acceptors (Lipinski definition) is 3. The Morgan fingerprint density at radius 3 is 2.11 bits per heavy atom. The van der Waals surface area contributed by atoms with E-state index in [1.54, 1.807) is 0 Å². The SMILES string of the molecule is CC[C@H](O)c1ccc(N2CCN(C(C)C)CC2)cc1. The summed E-state index contributed by atoms with van der Waals surface area (Å²) in [6, 6.07) is 9.03. The minimum atomic E-state index is -0.327. The third-order valence-electron chi connectivity index (χ3n) is 4.07. The van der Waals surface area contributed by atoms with Crippen LogP contribution >= 0.6 is 0 Å². The Kier molecular flexibility index (Phi) is 4.83. The maximum absolute atomic E-state index is 9.81. The lowest BCUT2D eigenvalue weighted by Crippen LogP contribution is -2.48. The molecule has 1 aliphatic rings. The second-order valence-electron chi connectivity index (χ2n) is 5.63. The highest BCUT2D eigenvalue weighted by Crippen LogP contribution is 2.22. The number of benzene rings is 1. The molecule has 1 N–H and O–H groups in total. The number of aliphatic hydroxyl groups is 1. The second-order valence-corrected chi connectivity index (χ2v) is 5.63. The Morgan fingerprint density at radius 2 is 1.63 bits per heavy atom. The average molecular weight is 262 g/mol. The van der Waals surface area contributed by atoms with Gasteiger partial charge in [0.1, 0.15) is 0 Å². The monoisotopic (exact) mass is 262 g/mol. The molecule has 0 saturated carbocycles. The van der Waals surface area contributed by atoms with E-state index < -0.39 is 0 Å². The van der Waals surface area contributed by atoms with Gasteiger partial charge in [0, 0.05) is 37.9 Å². The zero-order chi connectivity index (χ0) is 13.8. The van der Waals surface area contributed by atoms with Crippen molar-refractivity contribution in [2.45, 2.75) is 39.3 Å². The molecule has 1 atom stereocenters. The van der Waals surface area contributed by atoms with Crippen LogP contribution in [0, 0.1) is 0 Å². The number of anilines is 1. The van der Waals surface area contributed by atoms with Crippen molar-refractivity contribution < 1.29 is 5.11 Å². The minimum Gasteiger partial charge on any atom is -0.388 e. The highest BCUT2D eigenvalue weighted by atomic mass is 16.3. The highest BCUT2D eigenvalue weighted by molar-refractivity contribution is 5.48. The molecule has 3 heteroatoms. The van der Waals surface area contributed by atoms with E-state index in [2.05, 4.69) is 47.9 Å². The molecule has 1 aliphatic heterocycles. The summed E-state index contributed by atoms with van der Waals surface area (Å²) >= 11 is 0. The molecule has 19 heavy (non-hydrogen) atoms. The van der Waals surface area contributed by atoms with Gasteiger partial charge in [-0.3, -0.25) is 4.90 Å². The average Bonchev–Trinajstić information content (AvgIpc) is 2.46. The Balaban J connectivity index is 1.96. The Morgan fingerprint density at radius 1 is 1.05 bits per heavy atom. The van der Waals surface area contributed by atoms with Crippen LogP contribution in [0.5, 0.6) is 0 Å². The van der Waals surface area contributed by atoms with Gasteiger partial charge in [0.2, 0.25) is 0 Å². The van der Waals surface area contributed by atoms with Gasteiger partial charge < -0.3 is 10.0 Å². The summed E-state index contributed by atoms with van der Waals surface area (Å²) in [5.74, 6) is 0. The first-order valence-electron chi connectivity index (χ1n) is 7.39. The molecule has 0 amide bonds. The summed E-state index contributed by atoms with van der Waals surface area (Å²) in [6.07, 6.45) is 0.443. The third-order valence-corrected chi connectivity index (χ3v) is 4.07. The van der Waals surface area contributed by atoms with Gasteiger partial charge >= 0.3 is 0 Å². The molecule has 0 aromatic heterocycles. The summed E-state index contributed by atoms with van der Waals surface area (Å²) in [7, 11) is 0. The lowest BCUT2D eigenvalue weighted by molar-refractivity contribution is 0.173. The van der Waals surface area contributed by atoms with Crippen LogP contribution in [0.25, 0.3) is 0 Å². The van der Waals surface area contributed by atoms with E-state index in [1.165, 1.54) is 5.69 Å². The van der Waals surface area contributed by atoms with Gasteiger partial charge in [-0.1, -0.05) is 19.1 Å². The van der Waals surface area contributed by atoms with Crippen LogP contribution in [0.1, 0.15) is 38.9 Å². The fraction of sp³-hybridized carbons (Fsp3) is 0.625. The van der Waals surface area contributed by atoms with Crippen molar-refractivity contribution in [1.82, 2.24) is 4.90 Å². The van der Waals surface area contributed by atoms with Crippen LogP contribution in [0.2, 0.25) is 0 Å². The van der Waals surface area contributed by atoms with Crippen LogP contribution < -0.4 is 4.90 Å². The van der Waals surface area contributed by atoms with Crippen LogP contribution in [-0.4, -0.2) is 42.2 Å². The van der Waals surface area contributed by atoms with Gasteiger partial charge in [-0.05, 0) is 38.0 Å². The number of aliphatic hydroxyl groups excluding tert-OH is 1. The first-order valence-corrected chi connectivity index (χ1v) is 7.39. The predicted octanol–water partition coefficient (Wildman–Crippen LogP) is 2.66. The zero-order valence-electron chi connectivity index (χ0n) is 12.3. The lowest BCUT2D eigenvalue weighted by Gasteiger charge is -2.38. The summed E-state index contributed by atoms with van der Waals surface area (Å²) in [5.41, 5.74) is 2.29. The molecule has 0 radical (unpaired) electrons. The first kappa shape index (κ1) is 14.4. The smallest absolute Gasteiger partial charge is 0.0787 e. The standard InChI is InChI=1S/C16H26N2O/c1-4-16(19)14-5-7-15(8-6-14)18-11-9-17(10-12-18)13(2)3/h5-8,13,16,19H,4,9-12H2,1-3H3/t16-/m0/s1. The summed E-state index contributed by atoms with van der Waals surface area (Å²) in [5, 5.41) is 9.81. The number of piperazine rings is 1. The molecule has 1 aromatic carbocycles. The van der Waals surface area contributed by atoms with Gasteiger partial charge in [0.15, 0.2) is 0 Å². The van der Waals surface area contributed by atoms with Gasteiger partial charge in [0.05, 0.1) is 6.10 Å². The van der Waals surface area contributed by atoms with Crippen LogP contribution in [0.15, 0.2) is 24.3 Å². The van der Waals surface area contributed by atoms with E-state index in [9.17, 15) is 5.11 Å². The fourth-order valence-corrected chi connectivity index (χ4v) is 2.64. The zero-order valence-corrected chi connectivity index (χ0v) is 12.3. The van der Waals surface area contributed by atoms with Crippen molar-refractivity contribution in [2.24, 2.45) is 0 Å². The quantitative estimate of drug-likeness (QED) is 0.903. The lowest BCUT2D eigenvalue weighted by atomic mass is 10.1. The molecule has 1 heterocycles. The first-order chi connectivity index (χ1) is 9.11. The van der Waals surface area contributed by atoms with Gasteiger partial charge in [-0.2, -0.15) is 0 Å².